The first-order chi connectivity index (χ1) is 28.8. The molecule has 10 nitrogen and oxygen atoms in total. The van der Waals surface area contributed by atoms with E-state index in [1.54, 1.807) is 31.3 Å². The van der Waals surface area contributed by atoms with Crippen molar-refractivity contribution in [1.82, 2.24) is 29.4 Å². The number of carbonyl (C=O) groups is 1. The highest BCUT2D eigenvalue weighted by atomic mass is 35.5. The van der Waals surface area contributed by atoms with Crippen LogP contribution in [0.25, 0.3) is 27.7 Å². The number of hydrogen-bond acceptors (Lipinski definition) is 7. The molecule has 2 atom stereocenters. The SMILES string of the molecule is C[C@H](C(=O)NC(Cc1cc(F)cc(F)c1)c1nc2cc(-c3ccccc3F)ccc2c(=O)n1-c1ccc(Cl)c(C(=N)NSC2CC2)c1NCC(F)F)n1ccc(C2CC2)n1. The van der Waals surface area contributed by atoms with E-state index >= 15 is 9.18 Å². The number of amidine groups is 1. The number of fused-ring (bicyclic) bond motifs is 1. The summed E-state index contributed by atoms with van der Waals surface area (Å²) in [7, 11) is 0. The summed E-state index contributed by atoms with van der Waals surface area (Å²) in [5.74, 6) is -2.96. The molecule has 2 saturated carbocycles. The molecule has 310 valence electrons. The summed E-state index contributed by atoms with van der Waals surface area (Å²) >= 11 is 7.98. The van der Waals surface area contributed by atoms with Crippen LogP contribution in [-0.4, -0.2) is 49.3 Å². The molecule has 8 rings (SSSR count). The fourth-order valence-corrected chi connectivity index (χ4v) is 8.03. The van der Waals surface area contributed by atoms with Crippen molar-refractivity contribution in [3.63, 3.8) is 0 Å². The highest BCUT2D eigenvalue weighted by molar-refractivity contribution is 7.98. The molecule has 2 aliphatic rings. The van der Waals surface area contributed by atoms with Gasteiger partial charge in [0.2, 0.25) is 5.91 Å². The predicted molar refractivity (Wildman–Crippen MR) is 223 cm³/mol. The lowest BCUT2D eigenvalue weighted by Gasteiger charge is -2.26. The van der Waals surface area contributed by atoms with E-state index in [2.05, 4.69) is 20.5 Å². The summed E-state index contributed by atoms with van der Waals surface area (Å²) in [5, 5.41) is 19.5. The minimum Gasteiger partial charge on any atom is -0.377 e. The van der Waals surface area contributed by atoms with E-state index in [0.29, 0.717) is 17.5 Å². The Balaban J connectivity index is 1.35. The highest BCUT2D eigenvalue weighted by Crippen LogP contribution is 2.39. The predicted octanol–water partition coefficient (Wildman–Crippen LogP) is 9.26. The summed E-state index contributed by atoms with van der Waals surface area (Å²) in [5.41, 5.74) is 0.722. The zero-order chi connectivity index (χ0) is 42.2. The summed E-state index contributed by atoms with van der Waals surface area (Å²) in [6.07, 6.45) is 2.35. The third-order valence-corrected chi connectivity index (χ3v) is 11.8. The standard InChI is InChI=1S/C43H38ClF5N8O2S/c1-22(56-15-14-33(54-56)24-6-7-24)42(58)53-35(18-23-16-26(45)20-27(46)17-23)41-52-34-19-25(29-4-2-3-5-32(29)47)8-11-30(34)43(59)57(41)36-13-12-31(44)38(39(36)51-21-37(48)49)40(50)55-60-28-9-10-28/h2-5,8,11-17,19-20,22,24,28,35,37,51H,6-7,9-10,18,21H2,1H3,(H2,50,55)(H,53,58)/t22-,35?/m1/s1. The van der Waals surface area contributed by atoms with E-state index in [-0.39, 0.29) is 67.3 Å². The van der Waals surface area contributed by atoms with Crippen LogP contribution in [0.2, 0.25) is 5.02 Å². The van der Waals surface area contributed by atoms with E-state index < -0.39 is 54.0 Å². The second-order valence-corrected chi connectivity index (χ2v) is 16.4. The van der Waals surface area contributed by atoms with E-state index in [4.69, 9.17) is 22.0 Å². The van der Waals surface area contributed by atoms with E-state index in [1.807, 2.05) is 6.07 Å². The third kappa shape index (κ3) is 8.89. The Morgan fingerprint density at radius 3 is 2.43 bits per heavy atom. The van der Waals surface area contributed by atoms with Crippen molar-refractivity contribution in [2.24, 2.45) is 0 Å². The average Bonchev–Trinajstić information content (AvgIpc) is 4.17. The molecule has 2 fully saturated rings. The molecule has 1 amide bonds. The molecule has 0 spiro atoms. The van der Waals surface area contributed by atoms with Gasteiger partial charge in [0.05, 0.1) is 51.1 Å². The maximum Gasteiger partial charge on any atom is 0.266 e. The van der Waals surface area contributed by atoms with Gasteiger partial charge in [-0.25, -0.2) is 26.9 Å². The highest BCUT2D eigenvalue weighted by Gasteiger charge is 2.31. The number of anilines is 1. The lowest BCUT2D eigenvalue weighted by atomic mass is 10.0. The van der Waals surface area contributed by atoms with Gasteiger partial charge in [-0.2, -0.15) is 5.10 Å². The van der Waals surface area contributed by atoms with Crippen molar-refractivity contribution < 1.29 is 26.7 Å². The van der Waals surface area contributed by atoms with Crippen LogP contribution in [0.5, 0.6) is 0 Å². The van der Waals surface area contributed by atoms with Gasteiger partial charge in [0.1, 0.15) is 35.2 Å². The van der Waals surface area contributed by atoms with Gasteiger partial charge in [0.15, 0.2) is 0 Å². The molecule has 17 heteroatoms. The molecule has 2 aliphatic carbocycles. The van der Waals surface area contributed by atoms with Crippen LogP contribution in [0.15, 0.2) is 89.9 Å². The first-order valence-corrected chi connectivity index (χ1v) is 20.6. The van der Waals surface area contributed by atoms with Crippen LogP contribution in [-0.2, 0) is 11.2 Å². The summed E-state index contributed by atoms with van der Waals surface area (Å²) in [6.45, 7) is 0.725. The number of hydrogen-bond donors (Lipinski definition) is 4. The molecule has 0 radical (unpaired) electrons. The number of rotatable bonds is 15. The van der Waals surface area contributed by atoms with Gasteiger partial charge < -0.3 is 15.4 Å². The van der Waals surface area contributed by atoms with Crippen molar-refractivity contribution in [2.75, 3.05) is 11.9 Å². The second kappa shape index (κ2) is 17.1. The Morgan fingerprint density at radius 2 is 1.73 bits per heavy atom. The number of nitrogens with zero attached hydrogens (tertiary/aromatic N) is 4. The van der Waals surface area contributed by atoms with Gasteiger partial charge in [0.25, 0.3) is 12.0 Å². The fourth-order valence-electron chi connectivity index (χ4n) is 7.02. The zero-order valence-corrected chi connectivity index (χ0v) is 33.6. The van der Waals surface area contributed by atoms with Gasteiger partial charge in [-0.15, -0.1) is 0 Å². The molecular weight excluding hydrogens is 823 g/mol. The Labute approximate surface area is 350 Å². The first kappa shape index (κ1) is 41.0. The van der Waals surface area contributed by atoms with Crippen LogP contribution in [0, 0.1) is 22.9 Å². The Morgan fingerprint density at radius 1 is 0.983 bits per heavy atom. The molecule has 2 heterocycles. The molecule has 6 aromatic rings. The molecular formula is C43H38ClF5N8O2S. The van der Waals surface area contributed by atoms with E-state index in [9.17, 15) is 22.4 Å². The number of alkyl halides is 2. The summed E-state index contributed by atoms with van der Waals surface area (Å²) in [6, 6.07) is 15.8. The number of benzene rings is 4. The zero-order valence-electron chi connectivity index (χ0n) is 32.0. The Kier molecular flexibility index (Phi) is 11.7. The lowest BCUT2D eigenvalue weighted by molar-refractivity contribution is -0.125. The van der Waals surface area contributed by atoms with Crippen LogP contribution in [0.1, 0.15) is 73.3 Å². The second-order valence-electron chi connectivity index (χ2n) is 14.9. The molecule has 60 heavy (non-hydrogen) atoms. The quantitative estimate of drug-likeness (QED) is 0.0351. The minimum absolute atomic E-state index is 0.0117. The average molecular weight is 861 g/mol. The van der Waals surface area contributed by atoms with Crippen LogP contribution < -0.4 is 20.9 Å². The molecule has 0 saturated heterocycles. The molecule has 4 N–H and O–H groups in total. The lowest BCUT2D eigenvalue weighted by Crippen LogP contribution is -2.39. The largest absolute Gasteiger partial charge is 0.377 e. The molecule has 0 bridgehead atoms. The molecule has 2 aromatic heterocycles. The number of halogens is 6. The maximum atomic E-state index is 15.1. The van der Waals surface area contributed by atoms with Crippen molar-refractivity contribution in [3.8, 4) is 16.8 Å². The number of aromatic nitrogens is 4. The van der Waals surface area contributed by atoms with Crippen LogP contribution in [0.4, 0.5) is 27.6 Å². The number of nitrogens with one attached hydrogen (secondary N) is 4. The van der Waals surface area contributed by atoms with Gasteiger partial charge in [-0.3, -0.25) is 24.2 Å². The smallest absolute Gasteiger partial charge is 0.266 e. The van der Waals surface area contributed by atoms with E-state index in [0.717, 1.165) is 48.1 Å². The van der Waals surface area contributed by atoms with Crippen LogP contribution >= 0.6 is 23.5 Å². The Bertz CT molecular complexity index is 2660. The topological polar surface area (TPSA) is 130 Å². The van der Waals surface area contributed by atoms with Gasteiger partial charge in [-0.1, -0.05) is 35.9 Å². The third-order valence-electron chi connectivity index (χ3n) is 10.4. The number of amides is 1. The van der Waals surface area contributed by atoms with Gasteiger partial charge >= 0.3 is 0 Å². The van der Waals surface area contributed by atoms with Crippen LogP contribution in [0.3, 0.4) is 0 Å². The van der Waals surface area contributed by atoms with Gasteiger partial charge in [-0.05, 0) is 104 Å². The number of carbonyl (C=O) groups excluding carboxylic acids is 1. The van der Waals surface area contributed by atoms with Crippen molar-refractivity contribution in [2.45, 2.75) is 68.7 Å². The summed E-state index contributed by atoms with van der Waals surface area (Å²) in [4.78, 5) is 34.2. The monoisotopic (exact) mass is 860 g/mol. The molecule has 4 aromatic carbocycles. The Hall–Kier alpha value is -5.74. The maximum absolute atomic E-state index is 15.1. The molecule has 0 aliphatic heterocycles. The minimum atomic E-state index is -2.87. The fraction of sp³-hybridized carbons (Fsp3) is 0.279. The molecule has 1 unspecified atom stereocenters. The van der Waals surface area contributed by atoms with Gasteiger partial charge in [0, 0.05) is 35.4 Å². The van der Waals surface area contributed by atoms with Crippen molar-refractivity contribution >= 4 is 51.9 Å². The van der Waals surface area contributed by atoms with E-state index in [1.165, 1.54) is 53.0 Å². The first-order valence-electron chi connectivity index (χ1n) is 19.3. The summed E-state index contributed by atoms with van der Waals surface area (Å²) < 4.78 is 78.1. The normalized spacial score (nSPS) is 14.9. The van der Waals surface area contributed by atoms with Crippen molar-refractivity contribution in [1.29, 1.82) is 5.41 Å². The van der Waals surface area contributed by atoms with Crippen molar-refractivity contribution in [3.05, 3.63) is 141 Å².